The normalized spacial score (nSPS) is 28.4. The van der Waals surface area contributed by atoms with Crippen molar-refractivity contribution in [2.75, 3.05) is 38.7 Å². The fourth-order valence-electron chi connectivity index (χ4n) is 1.27. The van der Waals surface area contributed by atoms with E-state index in [0.29, 0.717) is 38.5 Å². The molecule has 0 radical (unpaired) electrons. The lowest BCUT2D eigenvalue weighted by atomic mass is 10.5. The van der Waals surface area contributed by atoms with E-state index in [1.807, 2.05) is 0 Å². The Bertz CT molecular complexity index is 217. The summed E-state index contributed by atoms with van der Waals surface area (Å²) in [7, 11) is -2.84. The first kappa shape index (κ1) is 12.4. The van der Waals surface area contributed by atoms with E-state index in [0.717, 1.165) is 0 Å². The summed E-state index contributed by atoms with van der Waals surface area (Å²) in [6.07, 6.45) is 0.571. The number of hydrogen-bond acceptors (Lipinski definition) is 3. The van der Waals surface area contributed by atoms with Gasteiger partial charge < -0.3 is 9.63 Å². The van der Waals surface area contributed by atoms with Crippen molar-refractivity contribution in [2.24, 2.45) is 0 Å². The first-order valence-corrected chi connectivity index (χ1v) is 6.76. The Kier molecular flexibility index (Phi) is 5.38. The van der Waals surface area contributed by atoms with Crippen molar-refractivity contribution in [3.8, 4) is 0 Å². The Labute approximate surface area is 88.9 Å². The fraction of sp³-hybridized carbons (Fsp3) is 1.00. The molecule has 0 aromatic carbocycles. The van der Waals surface area contributed by atoms with Crippen LogP contribution in [-0.2, 0) is 9.09 Å². The van der Waals surface area contributed by atoms with E-state index in [2.05, 4.69) is 5.09 Å². The van der Waals surface area contributed by atoms with Gasteiger partial charge in [-0.15, -0.1) is 11.6 Å². The van der Waals surface area contributed by atoms with Crippen LogP contribution in [0, 0.1) is 0 Å². The van der Waals surface area contributed by atoms with Gasteiger partial charge in [-0.3, -0.25) is 4.57 Å². The van der Waals surface area contributed by atoms with Crippen molar-refractivity contribution in [1.29, 1.82) is 0 Å². The van der Waals surface area contributed by atoms with E-state index >= 15 is 0 Å². The molecule has 1 aliphatic heterocycles. The van der Waals surface area contributed by atoms with Gasteiger partial charge in [0, 0.05) is 32.1 Å². The van der Waals surface area contributed by atoms with Crippen LogP contribution in [0.2, 0.25) is 0 Å². The van der Waals surface area contributed by atoms with Crippen LogP contribution >= 0.6 is 19.3 Å². The summed E-state index contributed by atoms with van der Waals surface area (Å²) in [5.74, 6) is 0.440. The van der Waals surface area contributed by atoms with Crippen molar-refractivity contribution in [1.82, 2.24) is 9.76 Å². The molecule has 0 spiro atoms. The molecule has 0 aromatic rings. The van der Waals surface area contributed by atoms with Gasteiger partial charge in [0.2, 0.25) is 0 Å². The molecule has 2 N–H and O–H groups in total. The number of nitrogens with zero attached hydrogens (tertiary/aromatic N) is 1. The second-order valence-electron chi connectivity index (χ2n) is 2.98. The third-order valence-electron chi connectivity index (χ3n) is 1.98. The fourth-order valence-corrected chi connectivity index (χ4v) is 3.52. The maximum Gasteiger partial charge on any atom is 0.343 e. The van der Waals surface area contributed by atoms with Gasteiger partial charge in [-0.05, 0) is 6.42 Å². The third-order valence-corrected chi connectivity index (χ3v) is 4.45. The zero-order valence-electron chi connectivity index (χ0n) is 7.99. The summed E-state index contributed by atoms with van der Waals surface area (Å²) in [6.45, 7) is 2.26. The maximum absolute atomic E-state index is 12.1. The molecule has 0 saturated carbocycles. The number of rotatable bonds is 6. The summed E-state index contributed by atoms with van der Waals surface area (Å²) < 4.78 is 19.0. The van der Waals surface area contributed by atoms with E-state index in [1.165, 1.54) is 0 Å². The van der Waals surface area contributed by atoms with Crippen LogP contribution < -0.4 is 5.09 Å². The second kappa shape index (κ2) is 6.05. The molecule has 7 heteroatoms. The van der Waals surface area contributed by atoms with Crippen LogP contribution in [0.5, 0.6) is 0 Å². The van der Waals surface area contributed by atoms with Crippen LogP contribution in [0.25, 0.3) is 0 Å². The Morgan fingerprint density at radius 2 is 2.43 bits per heavy atom. The van der Waals surface area contributed by atoms with E-state index in [-0.39, 0.29) is 6.61 Å². The second-order valence-corrected chi connectivity index (χ2v) is 5.54. The quantitative estimate of drug-likeness (QED) is 0.407. The van der Waals surface area contributed by atoms with Crippen molar-refractivity contribution in [3.05, 3.63) is 0 Å². The molecule has 1 aliphatic rings. The van der Waals surface area contributed by atoms with Gasteiger partial charge in [-0.25, -0.2) is 9.76 Å². The summed E-state index contributed by atoms with van der Waals surface area (Å²) in [5.41, 5.74) is 0. The Morgan fingerprint density at radius 1 is 1.64 bits per heavy atom. The molecule has 14 heavy (non-hydrogen) atoms. The molecule has 0 aromatic heterocycles. The standard InChI is InChI=1S/C7H16ClN2O3P/c8-2-4-10-5-7-13-14(10,12)9-3-1-6-11/h11H,1-7H2,(H,9,12). The maximum atomic E-state index is 12.1. The zero-order valence-corrected chi connectivity index (χ0v) is 9.64. The Balaban J connectivity index is 2.40. The van der Waals surface area contributed by atoms with Crippen LogP contribution in [0.3, 0.4) is 0 Å². The topological polar surface area (TPSA) is 61.8 Å². The molecule has 1 unspecified atom stereocenters. The van der Waals surface area contributed by atoms with Crippen LogP contribution in [0.1, 0.15) is 6.42 Å². The lowest BCUT2D eigenvalue weighted by molar-refractivity contribution is 0.286. The van der Waals surface area contributed by atoms with E-state index < -0.39 is 7.67 Å². The molecule has 1 atom stereocenters. The highest BCUT2D eigenvalue weighted by molar-refractivity contribution is 7.54. The number of nitrogens with one attached hydrogen (secondary N) is 1. The number of alkyl halides is 1. The molecule has 1 heterocycles. The van der Waals surface area contributed by atoms with Crippen LogP contribution in [-0.4, -0.2) is 48.5 Å². The summed E-state index contributed by atoms with van der Waals surface area (Å²) in [5, 5.41) is 11.4. The van der Waals surface area contributed by atoms with Crippen molar-refractivity contribution in [2.45, 2.75) is 6.42 Å². The average Bonchev–Trinajstić information content (AvgIpc) is 2.50. The third kappa shape index (κ3) is 3.19. The van der Waals surface area contributed by atoms with Crippen molar-refractivity contribution in [3.63, 3.8) is 0 Å². The Morgan fingerprint density at radius 3 is 3.07 bits per heavy atom. The smallest absolute Gasteiger partial charge is 0.343 e. The van der Waals surface area contributed by atoms with Gasteiger partial charge in [-0.1, -0.05) is 0 Å². The largest absolute Gasteiger partial charge is 0.396 e. The monoisotopic (exact) mass is 242 g/mol. The molecular formula is C7H16ClN2O3P. The minimum atomic E-state index is -2.84. The van der Waals surface area contributed by atoms with Gasteiger partial charge in [0.1, 0.15) is 0 Å². The first-order valence-electron chi connectivity index (χ1n) is 4.65. The van der Waals surface area contributed by atoms with Crippen molar-refractivity contribution < 1.29 is 14.2 Å². The molecule has 5 nitrogen and oxygen atoms in total. The number of hydrogen-bond donors (Lipinski definition) is 2. The molecule has 84 valence electrons. The molecule has 0 aliphatic carbocycles. The molecule has 1 fully saturated rings. The summed E-state index contributed by atoms with van der Waals surface area (Å²) >= 11 is 5.58. The summed E-state index contributed by atoms with van der Waals surface area (Å²) in [4.78, 5) is 0. The van der Waals surface area contributed by atoms with Gasteiger partial charge >= 0.3 is 7.67 Å². The summed E-state index contributed by atoms with van der Waals surface area (Å²) in [6, 6.07) is 0. The predicted octanol–water partition coefficient (Wildman–Crippen LogP) is 0.637. The van der Waals surface area contributed by atoms with E-state index in [9.17, 15) is 4.57 Å². The molecule has 1 rings (SSSR count). The highest BCUT2D eigenvalue weighted by Crippen LogP contribution is 2.50. The zero-order chi connectivity index (χ0) is 10.4. The number of aliphatic hydroxyl groups excluding tert-OH is 1. The SMILES string of the molecule is O=P1(NCCCO)OCCN1CCCl. The Hall–Kier alpha value is 0.360. The van der Waals surface area contributed by atoms with Crippen LogP contribution in [0.15, 0.2) is 0 Å². The predicted molar refractivity (Wildman–Crippen MR) is 55.6 cm³/mol. The minimum absolute atomic E-state index is 0.0858. The highest BCUT2D eigenvalue weighted by atomic mass is 35.5. The number of halogens is 1. The number of aliphatic hydroxyl groups is 1. The lowest BCUT2D eigenvalue weighted by Crippen LogP contribution is -2.26. The van der Waals surface area contributed by atoms with Gasteiger partial charge in [0.25, 0.3) is 0 Å². The van der Waals surface area contributed by atoms with E-state index in [4.69, 9.17) is 21.2 Å². The van der Waals surface area contributed by atoms with Crippen molar-refractivity contribution >= 4 is 19.3 Å². The van der Waals surface area contributed by atoms with E-state index in [1.54, 1.807) is 4.67 Å². The van der Waals surface area contributed by atoms with Crippen LogP contribution in [0.4, 0.5) is 0 Å². The highest BCUT2D eigenvalue weighted by Gasteiger charge is 2.36. The first-order chi connectivity index (χ1) is 6.73. The molecular weight excluding hydrogens is 227 g/mol. The average molecular weight is 243 g/mol. The van der Waals surface area contributed by atoms with Gasteiger partial charge in [0.05, 0.1) is 6.61 Å². The van der Waals surface area contributed by atoms with Gasteiger partial charge in [-0.2, -0.15) is 0 Å². The van der Waals surface area contributed by atoms with Gasteiger partial charge in [0.15, 0.2) is 0 Å². The molecule has 0 bridgehead atoms. The minimum Gasteiger partial charge on any atom is -0.396 e. The lowest BCUT2D eigenvalue weighted by Gasteiger charge is -2.22. The molecule has 0 amide bonds. The molecule has 1 saturated heterocycles.